The molecule has 0 aliphatic heterocycles. The first-order valence-electron chi connectivity index (χ1n) is 6.77. The van der Waals surface area contributed by atoms with E-state index in [9.17, 15) is 9.90 Å². The van der Waals surface area contributed by atoms with E-state index in [4.69, 9.17) is 0 Å². The number of benzene rings is 1. The van der Waals surface area contributed by atoms with Gasteiger partial charge in [-0.3, -0.25) is 4.79 Å². The van der Waals surface area contributed by atoms with Crippen molar-refractivity contribution in [3.05, 3.63) is 36.0 Å². The molecule has 19 heavy (non-hydrogen) atoms. The fourth-order valence-electron chi connectivity index (χ4n) is 2.97. The summed E-state index contributed by atoms with van der Waals surface area (Å²) in [4.78, 5) is 15.5. The Hall–Kier alpha value is -1.81. The Bertz CT molecular complexity index is 591. The van der Waals surface area contributed by atoms with Crippen molar-refractivity contribution in [1.82, 2.24) is 10.3 Å². The van der Waals surface area contributed by atoms with Gasteiger partial charge in [0.25, 0.3) is 5.91 Å². The molecule has 2 aromatic rings. The molecule has 3 N–H and O–H groups in total. The number of aliphatic hydroxyl groups excluding tert-OH is 1. The van der Waals surface area contributed by atoms with Gasteiger partial charge in [0.2, 0.25) is 0 Å². The SMILES string of the molecule is O=C(NC1CCCC1CO)c1cccc2cc[nH]c12. The third-order valence-corrected chi connectivity index (χ3v) is 4.04. The highest BCUT2D eigenvalue weighted by molar-refractivity contribution is 6.05. The summed E-state index contributed by atoms with van der Waals surface area (Å²) in [6.07, 6.45) is 4.86. The second kappa shape index (κ2) is 5.05. The second-order valence-corrected chi connectivity index (χ2v) is 5.20. The van der Waals surface area contributed by atoms with Crippen LogP contribution in [0.2, 0.25) is 0 Å². The molecule has 4 heteroatoms. The highest BCUT2D eigenvalue weighted by atomic mass is 16.3. The number of aromatic nitrogens is 1. The van der Waals surface area contributed by atoms with E-state index in [1.54, 1.807) is 0 Å². The van der Waals surface area contributed by atoms with Crippen molar-refractivity contribution in [2.24, 2.45) is 5.92 Å². The molecule has 1 saturated carbocycles. The minimum Gasteiger partial charge on any atom is -0.396 e. The number of carbonyl (C=O) groups is 1. The molecule has 0 saturated heterocycles. The molecule has 4 nitrogen and oxygen atoms in total. The molecule has 1 aliphatic rings. The van der Waals surface area contributed by atoms with Crippen LogP contribution in [0.3, 0.4) is 0 Å². The third-order valence-electron chi connectivity index (χ3n) is 4.04. The Morgan fingerprint density at radius 1 is 1.37 bits per heavy atom. The normalized spacial score (nSPS) is 22.8. The lowest BCUT2D eigenvalue weighted by Gasteiger charge is -2.19. The summed E-state index contributed by atoms with van der Waals surface area (Å²) in [5, 5.41) is 13.4. The Balaban J connectivity index is 1.82. The van der Waals surface area contributed by atoms with E-state index < -0.39 is 0 Å². The minimum absolute atomic E-state index is 0.0570. The fourth-order valence-corrected chi connectivity index (χ4v) is 2.97. The Labute approximate surface area is 111 Å². The van der Waals surface area contributed by atoms with E-state index in [1.807, 2.05) is 30.5 Å². The van der Waals surface area contributed by atoms with Crippen LogP contribution in [0.5, 0.6) is 0 Å². The first-order valence-corrected chi connectivity index (χ1v) is 6.77. The molecular weight excluding hydrogens is 240 g/mol. The Morgan fingerprint density at radius 3 is 3.11 bits per heavy atom. The van der Waals surface area contributed by atoms with Crippen molar-refractivity contribution in [2.45, 2.75) is 25.3 Å². The standard InChI is InChI=1S/C15H18N2O2/c18-9-11-4-2-6-13(11)17-15(19)12-5-1-3-10-7-8-16-14(10)12/h1,3,5,7-8,11,13,16,18H,2,4,6,9H2,(H,17,19). The van der Waals surface area contributed by atoms with Crippen LogP contribution in [0, 0.1) is 5.92 Å². The van der Waals surface area contributed by atoms with Crippen LogP contribution in [-0.2, 0) is 0 Å². The number of H-pyrrole nitrogens is 1. The molecule has 1 aliphatic carbocycles. The maximum absolute atomic E-state index is 12.4. The van der Waals surface area contributed by atoms with Crippen LogP contribution in [0.15, 0.2) is 30.5 Å². The lowest BCUT2D eigenvalue weighted by molar-refractivity contribution is 0.0917. The number of hydrogen-bond donors (Lipinski definition) is 3. The first kappa shape index (κ1) is 12.2. The van der Waals surface area contributed by atoms with E-state index in [2.05, 4.69) is 10.3 Å². The molecule has 1 aromatic carbocycles. The van der Waals surface area contributed by atoms with Crippen LogP contribution in [-0.4, -0.2) is 28.6 Å². The number of para-hydroxylation sites is 1. The smallest absolute Gasteiger partial charge is 0.253 e. The van der Waals surface area contributed by atoms with E-state index in [-0.39, 0.29) is 24.5 Å². The Morgan fingerprint density at radius 2 is 2.26 bits per heavy atom. The molecule has 1 amide bonds. The summed E-state index contributed by atoms with van der Waals surface area (Å²) >= 11 is 0. The van der Waals surface area contributed by atoms with Gasteiger partial charge in [-0.25, -0.2) is 0 Å². The second-order valence-electron chi connectivity index (χ2n) is 5.20. The van der Waals surface area contributed by atoms with Crippen molar-refractivity contribution in [2.75, 3.05) is 6.61 Å². The predicted molar refractivity (Wildman–Crippen MR) is 74.0 cm³/mol. The summed E-state index contributed by atoms with van der Waals surface area (Å²) in [6.45, 7) is 0.150. The van der Waals surface area contributed by atoms with Crippen LogP contribution < -0.4 is 5.32 Å². The van der Waals surface area contributed by atoms with Gasteiger partial charge in [-0.1, -0.05) is 18.6 Å². The average molecular weight is 258 g/mol. The highest BCUT2D eigenvalue weighted by Gasteiger charge is 2.28. The maximum atomic E-state index is 12.4. The average Bonchev–Trinajstić information content (AvgIpc) is 3.05. The number of amides is 1. The summed E-state index contributed by atoms with van der Waals surface area (Å²) in [6, 6.07) is 7.76. The number of hydrogen-bond acceptors (Lipinski definition) is 2. The van der Waals surface area contributed by atoms with Crippen LogP contribution >= 0.6 is 0 Å². The van der Waals surface area contributed by atoms with Gasteiger partial charge in [0.1, 0.15) is 0 Å². The van der Waals surface area contributed by atoms with Gasteiger partial charge in [-0.05, 0) is 25.0 Å². The molecule has 0 bridgehead atoms. The highest BCUT2D eigenvalue weighted by Crippen LogP contribution is 2.26. The topological polar surface area (TPSA) is 65.1 Å². The van der Waals surface area contributed by atoms with Crippen molar-refractivity contribution < 1.29 is 9.90 Å². The zero-order chi connectivity index (χ0) is 13.2. The molecular formula is C15H18N2O2. The van der Waals surface area contributed by atoms with Crippen molar-refractivity contribution in [3.63, 3.8) is 0 Å². The van der Waals surface area contributed by atoms with Gasteiger partial charge in [0.05, 0.1) is 11.1 Å². The summed E-state index contributed by atoms with van der Waals surface area (Å²) in [7, 11) is 0. The first-order chi connectivity index (χ1) is 9.29. The molecule has 0 radical (unpaired) electrons. The number of nitrogens with one attached hydrogen (secondary N) is 2. The molecule has 3 rings (SSSR count). The van der Waals surface area contributed by atoms with Gasteiger partial charge in [0, 0.05) is 30.1 Å². The maximum Gasteiger partial charge on any atom is 0.253 e. The fraction of sp³-hybridized carbons (Fsp3) is 0.400. The molecule has 2 atom stereocenters. The molecule has 1 fully saturated rings. The van der Waals surface area contributed by atoms with Crippen molar-refractivity contribution in [1.29, 1.82) is 0 Å². The monoisotopic (exact) mass is 258 g/mol. The zero-order valence-electron chi connectivity index (χ0n) is 10.7. The molecule has 1 heterocycles. The van der Waals surface area contributed by atoms with Gasteiger partial charge in [0.15, 0.2) is 0 Å². The van der Waals surface area contributed by atoms with Gasteiger partial charge < -0.3 is 15.4 Å². The van der Waals surface area contributed by atoms with Gasteiger partial charge in [-0.15, -0.1) is 0 Å². The van der Waals surface area contributed by atoms with Gasteiger partial charge >= 0.3 is 0 Å². The molecule has 100 valence electrons. The van der Waals surface area contributed by atoms with Crippen LogP contribution in [0.4, 0.5) is 0 Å². The lowest BCUT2D eigenvalue weighted by atomic mass is 10.0. The summed E-state index contributed by atoms with van der Waals surface area (Å²) < 4.78 is 0. The van der Waals surface area contributed by atoms with Crippen LogP contribution in [0.25, 0.3) is 10.9 Å². The van der Waals surface area contributed by atoms with E-state index in [0.29, 0.717) is 5.56 Å². The van der Waals surface area contributed by atoms with E-state index in [0.717, 1.165) is 30.2 Å². The predicted octanol–water partition coefficient (Wildman–Crippen LogP) is 2.06. The molecule has 2 unspecified atom stereocenters. The number of aromatic amines is 1. The lowest BCUT2D eigenvalue weighted by Crippen LogP contribution is -2.38. The minimum atomic E-state index is -0.0570. The number of fused-ring (bicyclic) bond motifs is 1. The van der Waals surface area contributed by atoms with E-state index in [1.165, 1.54) is 0 Å². The van der Waals surface area contributed by atoms with Crippen molar-refractivity contribution in [3.8, 4) is 0 Å². The quantitative estimate of drug-likeness (QED) is 0.789. The van der Waals surface area contributed by atoms with Crippen LogP contribution in [0.1, 0.15) is 29.6 Å². The van der Waals surface area contributed by atoms with Gasteiger partial charge in [-0.2, -0.15) is 0 Å². The number of aliphatic hydroxyl groups is 1. The third kappa shape index (κ3) is 2.24. The number of rotatable bonds is 3. The van der Waals surface area contributed by atoms with Crippen molar-refractivity contribution >= 4 is 16.8 Å². The molecule has 0 spiro atoms. The molecule has 1 aromatic heterocycles. The largest absolute Gasteiger partial charge is 0.396 e. The summed E-state index contributed by atoms with van der Waals surface area (Å²) in [5.41, 5.74) is 1.55. The zero-order valence-corrected chi connectivity index (χ0v) is 10.7. The van der Waals surface area contributed by atoms with E-state index >= 15 is 0 Å². The number of carbonyl (C=O) groups excluding carboxylic acids is 1. The Kier molecular flexibility index (Phi) is 3.25. The summed E-state index contributed by atoms with van der Waals surface area (Å²) in [5.74, 6) is 0.144.